The van der Waals surface area contributed by atoms with E-state index in [1.165, 1.54) is 6.42 Å². The van der Waals surface area contributed by atoms with E-state index in [1.54, 1.807) is 7.11 Å². The topological polar surface area (TPSA) is 87.0 Å². The molecule has 3 N–H and O–H groups in total. The van der Waals surface area contributed by atoms with Gasteiger partial charge in [-0.3, -0.25) is 4.79 Å². The Morgan fingerprint density at radius 1 is 1.33 bits per heavy atom. The average molecular weight is 376 g/mol. The van der Waals surface area contributed by atoms with Crippen LogP contribution < -0.4 is 0 Å². The van der Waals surface area contributed by atoms with Crippen molar-refractivity contribution in [2.75, 3.05) is 7.11 Å². The van der Waals surface area contributed by atoms with E-state index < -0.39 is 23.8 Å². The smallest absolute Gasteiger partial charge is 0.303 e. The fraction of sp³-hybridized carbons (Fsp3) is 0.773. The first-order valence-electron chi connectivity index (χ1n) is 10.3. The lowest BCUT2D eigenvalue weighted by Crippen LogP contribution is -2.59. The lowest BCUT2D eigenvalue weighted by atomic mass is 9.53. The van der Waals surface area contributed by atoms with E-state index in [9.17, 15) is 15.0 Å². The summed E-state index contributed by atoms with van der Waals surface area (Å²) < 4.78 is 5.89. The molecule has 150 valence electrons. The molecule has 5 heteroatoms. The van der Waals surface area contributed by atoms with Gasteiger partial charge in [-0.25, -0.2) is 0 Å². The second kappa shape index (κ2) is 8.77. The Hall–Kier alpha value is -1.35. The number of aliphatic hydroxyl groups excluding tert-OH is 2. The minimum absolute atomic E-state index is 0.105. The Labute approximate surface area is 161 Å². The number of rotatable bonds is 5. The molecule has 3 aliphatic rings. The molecule has 0 radical (unpaired) electrons. The molecule has 0 bridgehead atoms. The number of aliphatic hydroxyl groups is 2. The van der Waals surface area contributed by atoms with Crippen LogP contribution in [0.25, 0.3) is 0 Å². The van der Waals surface area contributed by atoms with Gasteiger partial charge in [-0.05, 0) is 50.0 Å². The summed E-state index contributed by atoms with van der Waals surface area (Å²) in [5.41, 5.74) is 0.718. The summed E-state index contributed by atoms with van der Waals surface area (Å²) in [6.07, 6.45) is 9.27. The van der Waals surface area contributed by atoms with Gasteiger partial charge in [0, 0.05) is 19.4 Å². The summed E-state index contributed by atoms with van der Waals surface area (Å²) in [5, 5.41) is 29.8. The largest absolute Gasteiger partial charge is 0.481 e. The lowest BCUT2D eigenvalue weighted by Gasteiger charge is -2.57. The standard InChI is InChI=1S/C22H32O5/c1-27-22-13-12-20(24)17(10-11-19(23)15-6-3-2-4-7-15)18(22)14-16(22)8-5-9-21(25)26/h8,15,17-20,23-24H,2-7,9,12-14H2,1H3,(H,25,26)/t17-,18-,19?,20-,22+/m0/s1. The minimum atomic E-state index is -0.797. The average Bonchev–Trinajstić information content (AvgIpc) is 2.66. The first-order valence-corrected chi connectivity index (χ1v) is 10.3. The maximum absolute atomic E-state index is 10.8. The Morgan fingerprint density at radius 2 is 2.07 bits per heavy atom. The summed E-state index contributed by atoms with van der Waals surface area (Å²) in [5.74, 6) is 5.61. The van der Waals surface area contributed by atoms with Crippen LogP contribution in [0.3, 0.4) is 0 Å². The number of hydrogen-bond acceptors (Lipinski definition) is 4. The van der Waals surface area contributed by atoms with E-state index in [-0.39, 0.29) is 24.2 Å². The van der Waals surface area contributed by atoms with Crippen LogP contribution in [-0.4, -0.2) is 46.2 Å². The van der Waals surface area contributed by atoms with Crippen LogP contribution in [-0.2, 0) is 9.53 Å². The van der Waals surface area contributed by atoms with Gasteiger partial charge in [0.25, 0.3) is 0 Å². The Kier molecular flexibility index (Phi) is 6.62. The number of aliphatic carboxylic acids is 1. The third-order valence-corrected chi connectivity index (χ3v) is 6.85. The van der Waals surface area contributed by atoms with Gasteiger partial charge in [0.2, 0.25) is 0 Å². The van der Waals surface area contributed by atoms with E-state index in [2.05, 4.69) is 11.8 Å². The molecular weight excluding hydrogens is 344 g/mol. The van der Waals surface area contributed by atoms with E-state index in [1.807, 2.05) is 6.08 Å². The van der Waals surface area contributed by atoms with E-state index in [0.717, 1.165) is 44.1 Å². The molecule has 0 aliphatic heterocycles. The third-order valence-electron chi connectivity index (χ3n) is 6.85. The van der Waals surface area contributed by atoms with Crippen molar-refractivity contribution in [3.63, 3.8) is 0 Å². The van der Waals surface area contributed by atoms with Gasteiger partial charge in [0.15, 0.2) is 0 Å². The highest BCUT2D eigenvalue weighted by Crippen LogP contribution is 2.56. The zero-order valence-corrected chi connectivity index (χ0v) is 16.2. The molecule has 3 fully saturated rings. The molecule has 5 atom stereocenters. The van der Waals surface area contributed by atoms with Crippen molar-refractivity contribution >= 4 is 5.97 Å². The number of methoxy groups -OCH3 is 1. The third kappa shape index (κ3) is 4.23. The first-order chi connectivity index (χ1) is 13.0. The van der Waals surface area contributed by atoms with Crippen molar-refractivity contribution in [2.45, 2.75) is 82.0 Å². The zero-order valence-electron chi connectivity index (χ0n) is 16.2. The van der Waals surface area contributed by atoms with Crippen molar-refractivity contribution in [1.29, 1.82) is 0 Å². The maximum atomic E-state index is 10.8. The highest BCUT2D eigenvalue weighted by atomic mass is 16.5. The Balaban J connectivity index is 1.70. The molecule has 0 spiro atoms. The van der Waals surface area contributed by atoms with Gasteiger partial charge in [0.05, 0.1) is 17.6 Å². The van der Waals surface area contributed by atoms with Crippen LogP contribution in [0, 0.1) is 29.6 Å². The van der Waals surface area contributed by atoms with Gasteiger partial charge in [-0.2, -0.15) is 0 Å². The van der Waals surface area contributed by atoms with Gasteiger partial charge in [-0.1, -0.05) is 37.2 Å². The van der Waals surface area contributed by atoms with Gasteiger partial charge >= 0.3 is 5.97 Å². The number of carboxylic acid groups (broad SMARTS) is 1. The normalized spacial score (nSPS) is 36.3. The van der Waals surface area contributed by atoms with Crippen molar-refractivity contribution in [1.82, 2.24) is 0 Å². The van der Waals surface area contributed by atoms with E-state index in [4.69, 9.17) is 9.84 Å². The molecule has 0 amide bonds. The molecule has 27 heavy (non-hydrogen) atoms. The highest BCUT2D eigenvalue weighted by Gasteiger charge is 2.58. The minimum Gasteiger partial charge on any atom is -0.481 e. The van der Waals surface area contributed by atoms with Gasteiger partial charge in [0.1, 0.15) is 6.10 Å². The number of fused-ring (bicyclic) bond motifs is 1. The molecule has 3 saturated carbocycles. The molecule has 0 saturated heterocycles. The Bertz CT molecular complexity index is 624. The summed E-state index contributed by atoms with van der Waals surface area (Å²) in [7, 11) is 1.69. The van der Waals surface area contributed by atoms with Crippen LogP contribution in [0.15, 0.2) is 11.6 Å². The summed E-state index contributed by atoms with van der Waals surface area (Å²) in [6, 6.07) is 0. The predicted octanol–water partition coefficient (Wildman–Crippen LogP) is 2.90. The molecule has 0 aromatic heterocycles. The summed E-state index contributed by atoms with van der Waals surface area (Å²) in [6.45, 7) is 0. The highest BCUT2D eigenvalue weighted by molar-refractivity contribution is 5.66. The first kappa shape index (κ1) is 20.4. The van der Waals surface area contributed by atoms with Crippen LogP contribution in [0.1, 0.15) is 64.2 Å². The predicted molar refractivity (Wildman–Crippen MR) is 102 cm³/mol. The molecule has 0 aromatic carbocycles. The quantitative estimate of drug-likeness (QED) is 0.507. The van der Waals surface area contributed by atoms with E-state index in [0.29, 0.717) is 12.8 Å². The second-order valence-corrected chi connectivity index (χ2v) is 8.33. The summed E-state index contributed by atoms with van der Waals surface area (Å²) >= 11 is 0. The monoisotopic (exact) mass is 376 g/mol. The Morgan fingerprint density at radius 3 is 2.74 bits per heavy atom. The molecule has 0 heterocycles. The number of carbonyl (C=O) groups is 1. The molecule has 0 aromatic rings. The molecule has 3 aliphatic carbocycles. The molecular formula is C22H32O5. The number of hydrogen-bond donors (Lipinski definition) is 3. The maximum Gasteiger partial charge on any atom is 0.303 e. The number of carboxylic acids is 1. The van der Waals surface area contributed by atoms with Crippen molar-refractivity contribution < 1.29 is 24.9 Å². The number of ether oxygens (including phenoxy) is 1. The fourth-order valence-corrected chi connectivity index (χ4v) is 5.21. The van der Waals surface area contributed by atoms with Gasteiger partial charge in [-0.15, -0.1) is 0 Å². The van der Waals surface area contributed by atoms with Crippen molar-refractivity contribution in [2.24, 2.45) is 17.8 Å². The SMILES string of the molecule is CO[C@@]12CC[C@H](O)[C@@H](C#CC(O)C3CCCCC3)[C@@H]1CC2=CCCC(=O)O. The van der Waals surface area contributed by atoms with Crippen LogP contribution in [0.5, 0.6) is 0 Å². The molecule has 5 nitrogen and oxygen atoms in total. The lowest BCUT2D eigenvalue weighted by molar-refractivity contribution is -0.139. The summed E-state index contributed by atoms with van der Waals surface area (Å²) in [4.78, 5) is 10.8. The second-order valence-electron chi connectivity index (χ2n) is 8.33. The molecule has 3 rings (SSSR count). The van der Waals surface area contributed by atoms with Crippen molar-refractivity contribution in [3.05, 3.63) is 11.6 Å². The van der Waals surface area contributed by atoms with Crippen molar-refractivity contribution in [3.8, 4) is 11.8 Å². The fourth-order valence-electron chi connectivity index (χ4n) is 5.21. The van der Waals surface area contributed by atoms with Crippen LogP contribution in [0.4, 0.5) is 0 Å². The number of allylic oxidation sites excluding steroid dienone is 1. The van der Waals surface area contributed by atoms with E-state index >= 15 is 0 Å². The molecule has 1 unspecified atom stereocenters. The van der Waals surface area contributed by atoms with Crippen LogP contribution in [0.2, 0.25) is 0 Å². The zero-order chi connectivity index (χ0) is 19.4. The van der Waals surface area contributed by atoms with Gasteiger partial charge < -0.3 is 20.1 Å². The van der Waals surface area contributed by atoms with Crippen LogP contribution >= 0.6 is 0 Å².